The molecule has 1 heterocycles. The molecule has 0 fully saturated rings. The highest BCUT2D eigenvalue weighted by molar-refractivity contribution is 7.38. The minimum Gasteiger partial charge on any atom is -0.356 e. The van der Waals surface area contributed by atoms with Crippen LogP contribution in [0.15, 0.2) is 53.1 Å². The number of carbonyl (C=O) groups excluding carboxylic acids is 1. The van der Waals surface area contributed by atoms with E-state index in [0.29, 0.717) is 38.3 Å². The Morgan fingerprint density at radius 1 is 1.13 bits per heavy atom. The lowest BCUT2D eigenvalue weighted by atomic mass is 10.1. The van der Waals surface area contributed by atoms with Crippen molar-refractivity contribution in [2.24, 2.45) is 0 Å². The summed E-state index contributed by atoms with van der Waals surface area (Å²) in [6, 6.07) is 13.6. The average molecular weight is 507 g/mol. The van der Waals surface area contributed by atoms with E-state index in [4.69, 9.17) is 55.8 Å². The van der Waals surface area contributed by atoms with Crippen LogP contribution in [0.4, 0.5) is 5.69 Å². The summed E-state index contributed by atoms with van der Waals surface area (Å²) in [4.78, 5) is 21.4. The first-order valence-corrected chi connectivity index (χ1v) is 11.5. The third-order valence-electron chi connectivity index (χ3n) is 4.14. The van der Waals surface area contributed by atoms with Crippen molar-refractivity contribution < 1.29 is 18.8 Å². The van der Waals surface area contributed by atoms with E-state index in [9.17, 15) is 9.36 Å². The number of alkyl halides is 2. The molecule has 1 N–H and O–H groups in total. The number of nitrogens with zero attached hydrogens (tertiary/aromatic N) is 2. The molecule has 1 aromatic heterocycles. The van der Waals surface area contributed by atoms with Crippen LogP contribution in [0.3, 0.4) is 0 Å². The van der Waals surface area contributed by atoms with Gasteiger partial charge in [0.25, 0.3) is 5.91 Å². The van der Waals surface area contributed by atoms with Crippen molar-refractivity contribution in [3.05, 3.63) is 58.6 Å². The number of rotatable bonds is 7. The van der Waals surface area contributed by atoms with Gasteiger partial charge in [0.05, 0.1) is 16.6 Å². The van der Waals surface area contributed by atoms with Crippen LogP contribution in [0.2, 0.25) is 10.0 Å². The number of aromatic nitrogens is 1. The normalized spacial score (nSPS) is 11.6. The molecule has 1 atom stereocenters. The van der Waals surface area contributed by atoms with Gasteiger partial charge in [-0.1, -0.05) is 69.8 Å². The van der Waals surface area contributed by atoms with Gasteiger partial charge >= 0.3 is 8.03 Å². The molecular weight excluding hydrogens is 493 g/mol. The van der Waals surface area contributed by atoms with Gasteiger partial charge in [-0.05, 0) is 28.8 Å². The molecule has 0 spiro atoms. The molecule has 3 aromatic rings. The number of hydrogen-bond donors (Lipinski definition) is 1. The topological polar surface area (TPSA) is 83.6 Å². The summed E-state index contributed by atoms with van der Waals surface area (Å²) in [5.74, 6) is -0.190. The number of amides is 1. The van der Waals surface area contributed by atoms with Crippen molar-refractivity contribution in [1.29, 1.82) is 0 Å². The molecule has 0 aliphatic heterocycles. The van der Waals surface area contributed by atoms with E-state index in [1.165, 1.54) is 4.90 Å². The molecule has 30 heavy (non-hydrogen) atoms. The van der Waals surface area contributed by atoms with Crippen LogP contribution in [0.25, 0.3) is 22.6 Å². The Balaban J connectivity index is 1.95. The zero-order valence-corrected chi connectivity index (χ0v) is 19.1. The van der Waals surface area contributed by atoms with Crippen LogP contribution in [0.5, 0.6) is 0 Å². The molecule has 0 aliphatic rings. The number of anilines is 1. The summed E-state index contributed by atoms with van der Waals surface area (Å²) in [6.07, 6.45) is -0.122. The van der Waals surface area contributed by atoms with Gasteiger partial charge in [-0.3, -0.25) is 4.79 Å². The maximum Gasteiger partial charge on any atom is 0.507 e. The molecule has 3 rings (SSSR count). The number of carbonyl (C=O) groups is 1. The van der Waals surface area contributed by atoms with Crippen molar-refractivity contribution in [3.63, 3.8) is 0 Å². The molecule has 0 bridgehead atoms. The van der Waals surface area contributed by atoms with E-state index in [1.54, 1.807) is 48.5 Å². The standard InChI is InChI=1S/C19H13Cl4N2O4P/c20-13-5-2-6-14(21)17(13)15-10-16(29-24-15)11-3-1-4-12(9-11)25(7-8-30(27)28)19(26)18(22)23/h1-6,9-10,18H,7-8H2/p+1. The number of halogens is 4. The van der Waals surface area contributed by atoms with Gasteiger partial charge in [0.1, 0.15) is 5.69 Å². The lowest BCUT2D eigenvalue weighted by molar-refractivity contribution is -0.116. The second-order valence-electron chi connectivity index (χ2n) is 6.09. The third kappa shape index (κ3) is 5.33. The highest BCUT2D eigenvalue weighted by Crippen LogP contribution is 2.36. The molecule has 2 aromatic carbocycles. The smallest absolute Gasteiger partial charge is 0.356 e. The number of hydrogen-bond acceptors (Lipinski definition) is 4. The summed E-state index contributed by atoms with van der Waals surface area (Å²) >= 11 is 23.9. The molecule has 156 valence electrons. The fourth-order valence-corrected chi connectivity index (χ4v) is 3.97. The molecule has 6 nitrogen and oxygen atoms in total. The molecule has 0 saturated carbocycles. The molecule has 0 radical (unpaired) electrons. The largest absolute Gasteiger partial charge is 0.507 e. The van der Waals surface area contributed by atoms with Gasteiger partial charge in [0.15, 0.2) is 16.8 Å². The molecule has 11 heteroatoms. The lowest BCUT2D eigenvalue weighted by Crippen LogP contribution is -2.36. The Morgan fingerprint density at radius 3 is 2.43 bits per heavy atom. The quantitative estimate of drug-likeness (QED) is 0.305. The van der Waals surface area contributed by atoms with Crippen molar-refractivity contribution >= 4 is 66.0 Å². The van der Waals surface area contributed by atoms with Crippen LogP contribution in [0.1, 0.15) is 0 Å². The molecule has 0 saturated heterocycles. The van der Waals surface area contributed by atoms with Crippen LogP contribution >= 0.6 is 54.4 Å². The maximum absolute atomic E-state index is 12.4. The Kier molecular flexibility index (Phi) is 7.75. The van der Waals surface area contributed by atoms with Crippen molar-refractivity contribution in [3.8, 4) is 22.6 Å². The SMILES string of the molecule is O=C(C(Cl)Cl)N(CC[P+](=O)O)c1cccc(-c2cc(-c3c(Cl)cccc3Cl)no2)c1. The van der Waals surface area contributed by atoms with E-state index in [0.717, 1.165) is 0 Å². The summed E-state index contributed by atoms with van der Waals surface area (Å²) in [7, 11) is -2.43. The van der Waals surface area contributed by atoms with E-state index < -0.39 is 18.8 Å². The van der Waals surface area contributed by atoms with Crippen LogP contribution in [-0.4, -0.2) is 33.5 Å². The molecule has 0 aliphatic carbocycles. The first-order valence-electron chi connectivity index (χ1n) is 8.52. The zero-order valence-electron chi connectivity index (χ0n) is 15.1. The van der Waals surface area contributed by atoms with Gasteiger partial charge in [0, 0.05) is 22.9 Å². The summed E-state index contributed by atoms with van der Waals surface area (Å²) in [6.45, 7) is -0.0270. The predicted molar refractivity (Wildman–Crippen MR) is 120 cm³/mol. The second kappa shape index (κ2) is 10.1. The Labute approximate surface area is 193 Å². The molecule has 1 amide bonds. The summed E-state index contributed by atoms with van der Waals surface area (Å²) in [5.41, 5.74) is 2.05. The van der Waals surface area contributed by atoms with Gasteiger partial charge in [-0.2, -0.15) is 4.89 Å². The monoisotopic (exact) mass is 505 g/mol. The van der Waals surface area contributed by atoms with Gasteiger partial charge in [0.2, 0.25) is 0 Å². The first-order chi connectivity index (χ1) is 14.3. The fourth-order valence-electron chi connectivity index (χ4n) is 2.77. The van der Waals surface area contributed by atoms with Crippen molar-refractivity contribution in [2.75, 3.05) is 17.6 Å². The number of benzene rings is 2. The Hall–Kier alpha value is -1.66. The average Bonchev–Trinajstić information content (AvgIpc) is 3.17. The minimum absolute atomic E-state index is 0.0270. The first kappa shape index (κ1) is 23.0. The summed E-state index contributed by atoms with van der Waals surface area (Å²) < 4.78 is 16.6. The molecule has 1 unspecified atom stereocenters. The van der Waals surface area contributed by atoms with E-state index in [-0.39, 0.29) is 12.7 Å². The van der Waals surface area contributed by atoms with E-state index in [1.807, 2.05) is 0 Å². The zero-order chi connectivity index (χ0) is 21.8. The van der Waals surface area contributed by atoms with E-state index in [2.05, 4.69) is 5.16 Å². The molecular formula is C19H14Cl4N2O4P+. The third-order valence-corrected chi connectivity index (χ3v) is 5.72. The maximum atomic E-state index is 12.4. The Morgan fingerprint density at radius 2 is 1.80 bits per heavy atom. The highest BCUT2D eigenvalue weighted by atomic mass is 35.5. The van der Waals surface area contributed by atoms with Crippen LogP contribution in [0, 0.1) is 0 Å². The second-order valence-corrected chi connectivity index (χ2v) is 9.15. The van der Waals surface area contributed by atoms with Crippen molar-refractivity contribution in [1.82, 2.24) is 5.16 Å². The fraction of sp³-hybridized carbons (Fsp3) is 0.158. The van der Waals surface area contributed by atoms with Crippen LogP contribution in [-0.2, 0) is 9.36 Å². The van der Waals surface area contributed by atoms with Gasteiger partial charge < -0.3 is 9.42 Å². The predicted octanol–water partition coefficient (Wildman–Crippen LogP) is 6.19. The summed E-state index contributed by atoms with van der Waals surface area (Å²) in [5, 5.41) is 4.91. The van der Waals surface area contributed by atoms with Crippen LogP contribution < -0.4 is 4.90 Å². The van der Waals surface area contributed by atoms with Crippen molar-refractivity contribution in [2.45, 2.75) is 4.84 Å². The van der Waals surface area contributed by atoms with Gasteiger partial charge in [-0.15, -0.1) is 0 Å². The van der Waals surface area contributed by atoms with Gasteiger partial charge in [-0.25, -0.2) is 0 Å². The minimum atomic E-state index is -2.43. The highest BCUT2D eigenvalue weighted by Gasteiger charge is 2.25. The van der Waals surface area contributed by atoms with E-state index >= 15 is 0 Å². The lowest BCUT2D eigenvalue weighted by Gasteiger charge is -2.21. The Bertz CT molecular complexity index is 1070.